The van der Waals surface area contributed by atoms with E-state index in [1.807, 2.05) is 78.5 Å². The largest absolute Gasteiger partial charge is 0.494 e. The molecule has 0 N–H and O–H groups in total. The van der Waals surface area contributed by atoms with E-state index in [0.29, 0.717) is 22.4 Å². The van der Waals surface area contributed by atoms with Crippen LogP contribution >= 0.6 is 24.0 Å². The van der Waals surface area contributed by atoms with Gasteiger partial charge in [0.15, 0.2) is 0 Å². The molecule has 0 atom stereocenters. The number of hydrogen-bond acceptors (Lipinski definition) is 5. The second-order valence-electron chi connectivity index (χ2n) is 8.06. The van der Waals surface area contributed by atoms with Gasteiger partial charge in [0, 0.05) is 23.9 Å². The predicted molar refractivity (Wildman–Crippen MR) is 144 cm³/mol. The van der Waals surface area contributed by atoms with Crippen molar-refractivity contribution in [3.8, 4) is 22.7 Å². The molecule has 5 nitrogen and oxygen atoms in total. The van der Waals surface area contributed by atoms with Crippen molar-refractivity contribution in [1.29, 1.82) is 0 Å². The molecule has 0 radical (unpaired) electrons. The Hall–Kier alpha value is -2.90. The Morgan fingerprint density at radius 1 is 1.03 bits per heavy atom. The van der Waals surface area contributed by atoms with Crippen molar-refractivity contribution in [2.24, 2.45) is 0 Å². The number of benzene rings is 2. The summed E-state index contributed by atoms with van der Waals surface area (Å²) < 4.78 is 8.07. The highest BCUT2D eigenvalue weighted by Gasteiger charge is 2.32. The van der Waals surface area contributed by atoms with Crippen LogP contribution in [0.25, 0.3) is 23.0 Å². The van der Waals surface area contributed by atoms with E-state index in [1.54, 1.807) is 4.90 Å². The molecule has 1 saturated heterocycles. The lowest BCUT2D eigenvalue weighted by Gasteiger charge is -2.13. The molecule has 4 rings (SSSR count). The highest BCUT2D eigenvalue weighted by atomic mass is 32.2. The van der Waals surface area contributed by atoms with Crippen LogP contribution in [0.2, 0.25) is 0 Å². The van der Waals surface area contributed by atoms with Gasteiger partial charge in [-0.05, 0) is 55.8 Å². The zero-order valence-corrected chi connectivity index (χ0v) is 21.2. The zero-order valence-electron chi connectivity index (χ0n) is 19.6. The van der Waals surface area contributed by atoms with Gasteiger partial charge in [-0.2, -0.15) is 5.10 Å². The van der Waals surface area contributed by atoms with Crippen molar-refractivity contribution >= 4 is 40.3 Å². The minimum absolute atomic E-state index is 0.0170. The topological polar surface area (TPSA) is 47.4 Å². The summed E-state index contributed by atoms with van der Waals surface area (Å²) >= 11 is 6.90. The SMILES string of the molecule is CCCCCCN1C(=O)/C(=C\c2cn(-c3ccccc3)nc2-c2ccc(OCC)cc2)SC1=S. The van der Waals surface area contributed by atoms with E-state index in [0.717, 1.165) is 47.5 Å². The molecule has 0 spiro atoms. The maximum absolute atomic E-state index is 13.1. The second-order valence-corrected chi connectivity index (χ2v) is 9.74. The number of unbranched alkanes of at least 4 members (excludes halogenated alkanes) is 3. The molecule has 2 heterocycles. The number of para-hydroxylation sites is 1. The number of amides is 1. The summed E-state index contributed by atoms with van der Waals surface area (Å²) in [5.74, 6) is 0.802. The van der Waals surface area contributed by atoms with E-state index >= 15 is 0 Å². The summed E-state index contributed by atoms with van der Waals surface area (Å²) in [4.78, 5) is 15.5. The quantitative estimate of drug-likeness (QED) is 0.179. The molecule has 0 saturated carbocycles. The first-order valence-electron chi connectivity index (χ1n) is 11.7. The van der Waals surface area contributed by atoms with Crippen LogP contribution in [0, 0.1) is 0 Å². The molecule has 0 aliphatic carbocycles. The first kappa shape index (κ1) is 24.2. The highest BCUT2D eigenvalue weighted by Crippen LogP contribution is 2.35. The fraction of sp³-hybridized carbons (Fsp3) is 0.296. The van der Waals surface area contributed by atoms with Crippen LogP contribution in [-0.4, -0.2) is 38.1 Å². The van der Waals surface area contributed by atoms with E-state index < -0.39 is 0 Å². The van der Waals surface area contributed by atoms with Crippen molar-refractivity contribution in [2.45, 2.75) is 39.5 Å². The summed E-state index contributed by atoms with van der Waals surface area (Å²) in [5.41, 5.74) is 3.59. The van der Waals surface area contributed by atoms with Crippen LogP contribution in [0.5, 0.6) is 5.75 Å². The maximum atomic E-state index is 13.1. The van der Waals surface area contributed by atoms with E-state index in [1.165, 1.54) is 18.2 Å². The van der Waals surface area contributed by atoms with Gasteiger partial charge in [0.1, 0.15) is 10.1 Å². The molecular weight excluding hydrogens is 462 g/mol. The summed E-state index contributed by atoms with van der Waals surface area (Å²) in [7, 11) is 0. The standard InChI is InChI=1S/C27H29N3O2S2/c1-3-5-6-10-17-29-26(31)24(34-27(29)33)18-21-19-30(22-11-8-7-9-12-22)28-25(21)20-13-15-23(16-14-20)32-4-2/h7-9,11-16,18-19H,3-6,10,17H2,1-2H3/b24-18+. The highest BCUT2D eigenvalue weighted by molar-refractivity contribution is 8.26. The first-order valence-corrected chi connectivity index (χ1v) is 13.0. The summed E-state index contributed by atoms with van der Waals surface area (Å²) in [5, 5.41) is 4.87. The fourth-order valence-electron chi connectivity index (χ4n) is 3.84. The first-order chi connectivity index (χ1) is 16.6. The van der Waals surface area contributed by atoms with Gasteiger partial charge < -0.3 is 4.74 Å². The normalized spacial score (nSPS) is 14.9. The van der Waals surface area contributed by atoms with E-state index in [4.69, 9.17) is 22.1 Å². The van der Waals surface area contributed by atoms with Crippen LogP contribution in [-0.2, 0) is 4.79 Å². The van der Waals surface area contributed by atoms with Crippen molar-refractivity contribution < 1.29 is 9.53 Å². The smallest absolute Gasteiger partial charge is 0.266 e. The minimum Gasteiger partial charge on any atom is -0.494 e. The fourth-order valence-corrected chi connectivity index (χ4v) is 5.14. The van der Waals surface area contributed by atoms with Crippen molar-refractivity contribution in [3.63, 3.8) is 0 Å². The molecule has 1 aliphatic rings. The Morgan fingerprint density at radius 2 is 1.79 bits per heavy atom. The van der Waals surface area contributed by atoms with Gasteiger partial charge in [-0.3, -0.25) is 9.69 Å². The summed E-state index contributed by atoms with van der Waals surface area (Å²) in [6.45, 7) is 5.44. The lowest BCUT2D eigenvalue weighted by Crippen LogP contribution is -2.29. The van der Waals surface area contributed by atoms with Gasteiger partial charge in [-0.1, -0.05) is 68.4 Å². The Morgan fingerprint density at radius 3 is 2.50 bits per heavy atom. The molecule has 1 aromatic heterocycles. The number of aromatic nitrogens is 2. The molecule has 7 heteroatoms. The molecule has 3 aromatic rings. The van der Waals surface area contributed by atoms with Crippen molar-refractivity contribution in [2.75, 3.05) is 13.2 Å². The maximum Gasteiger partial charge on any atom is 0.266 e. The molecule has 34 heavy (non-hydrogen) atoms. The molecule has 1 aliphatic heterocycles. The number of thiocarbonyl (C=S) groups is 1. The zero-order chi connectivity index (χ0) is 23.9. The van der Waals surface area contributed by atoms with Gasteiger partial charge in [-0.25, -0.2) is 4.68 Å². The molecule has 1 fully saturated rings. The van der Waals surface area contributed by atoms with Crippen LogP contribution in [0.1, 0.15) is 45.1 Å². The minimum atomic E-state index is -0.0170. The third kappa shape index (κ3) is 5.59. The predicted octanol–water partition coefficient (Wildman–Crippen LogP) is 6.72. The Bertz CT molecular complexity index is 1170. The van der Waals surface area contributed by atoms with Crippen LogP contribution in [0.3, 0.4) is 0 Å². The van der Waals surface area contributed by atoms with Gasteiger partial charge in [0.05, 0.1) is 22.9 Å². The van der Waals surface area contributed by atoms with E-state index in [2.05, 4.69) is 6.92 Å². The van der Waals surface area contributed by atoms with Crippen LogP contribution in [0.15, 0.2) is 65.7 Å². The number of carbonyl (C=O) groups excluding carboxylic acids is 1. The Balaban J connectivity index is 1.66. The van der Waals surface area contributed by atoms with Crippen LogP contribution < -0.4 is 4.74 Å². The van der Waals surface area contributed by atoms with Crippen molar-refractivity contribution in [1.82, 2.24) is 14.7 Å². The third-order valence-corrected chi connectivity index (χ3v) is 6.98. The number of rotatable bonds is 10. The van der Waals surface area contributed by atoms with E-state index in [-0.39, 0.29) is 5.91 Å². The van der Waals surface area contributed by atoms with Gasteiger partial charge in [-0.15, -0.1) is 0 Å². The lowest BCUT2D eigenvalue weighted by atomic mass is 10.1. The lowest BCUT2D eigenvalue weighted by molar-refractivity contribution is -0.122. The average Bonchev–Trinajstić information content (AvgIpc) is 3.39. The summed E-state index contributed by atoms with van der Waals surface area (Å²) in [6.07, 6.45) is 8.31. The molecular formula is C27H29N3O2S2. The molecule has 1 amide bonds. The Labute approximate surface area is 210 Å². The number of hydrogen-bond donors (Lipinski definition) is 0. The van der Waals surface area contributed by atoms with E-state index in [9.17, 15) is 4.79 Å². The van der Waals surface area contributed by atoms with Gasteiger partial charge >= 0.3 is 0 Å². The molecule has 0 unspecified atom stereocenters. The van der Waals surface area contributed by atoms with Crippen LogP contribution in [0.4, 0.5) is 0 Å². The van der Waals surface area contributed by atoms with Gasteiger partial charge in [0.25, 0.3) is 5.91 Å². The summed E-state index contributed by atoms with van der Waals surface area (Å²) in [6, 6.07) is 17.8. The monoisotopic (exact) mass is 491 g/mol. The molecule has 2 aromatic carbocycles. The number of ether oxygens (including phenoxy) is 1. The number of carbonyl (C=O) groups is 1. The average molecular weight is 492 g/mol. The third-order valence-electron chi connectivity index (χ3n) is 5.60. The second kappa shape index (κ2) is 11.5. The number of nitrogens with zero attached hydrogens (tertiary/aromatic N) is 3. The Kier molecular flexibility index (Phi) is 8.19. The van der Waals surface area contributed by atoms with Crippen molar-refractivity contribution in [3.05, 3.63) is 71.3 Å². The molecule has 0 bridgehead atoms. The molecule has 176 valence electrons. The number of thioether (sulfide) groups is 1. The van der Waals surface area contributed by atoms with Gasteiger partial charge in [0.2, 0.25) is 0 Å².